The monoisotopic (exact) mass is 263 g/mol. The van der Waals surface area contributed by atoms with Crippen LogP contribution in [-0.4, -0.2) is 45.3 Å². The number of fused-ring (bicyclic) bond motifs is 2. The van der Waals surface area contributed by atoms with E-state index in [1.165, 1.54) is 0 Å². The van der Waals surface area contributed by atoms with E-state index in [9.17, 15) is 9.90 Å². The highest BCUT2D eigenvalue weighted by atomic mass is 16.3. The molecule has 3 heterocycles. The molecule has 2 aliphatic heterocycles. The van der Waals surface area contributed by atoms with Crippen molar-refractivity contribution in [3.63, 3.8) is 0 Å². The van der Waals surface area contributed by atoms with Crippen molar-refractivity contribution >= 4 is 6.03 Å². The minimum Gasteiger partial charge on any atom is -0.393 e. The van der Waals surface area contributed by atoms with Gasteiger partial charge in [-0.1, -0.05) is 0 Å². The van der Waals surface area contributed by atoms with E-state index >= 15 is 0 Å². The fourth-order valence-electron chi connectivity index (χ4n) is 3.38. The molecule has 0 radical (unpaired) electrons. The van der Waals surface area contributed by atoms with Gasteiger partial charge in [-0.05, 0) is 37.8 Å². The molecule has 2 N–H and O–H groups in total. The van der Waals surface area contributed by atoms with E-state index in [0.717, 1.165) is 32.2 Å². The number of nitrogens with one attached hydrogen (secondary N) is 1. The molecule has 1 aromatic rings. The predicted octanol–water partition coefficient (Wildman–Crippen LogP) is 1.19. The number of urea groups is 1. The highest BCUT2D eigenvalue weighted by Gasteiger charge is 2.42. The summed E-state index contributed by atoms with van der Waals surface area (Å²) in [5.74, 6) is 0. The van der Waals surface area contributed by atoms with Crippen molar-refractivity contribution in [2.45, 2.75) is 50.4 Å². The zero-order valence-electron chi connectivity index (χ0n) is 11.0. The van der Waals surface area contributed by atoms with E-state index in [-0.39, 0.29) is 24.2 Å². The van der Waals surface area contributed by atoms with Gasteiger partial charge in [0.05, 0.1) is 6.10 Å². The van der Waals surface area contributed by atoms with Crippen molar-refractivity contribution in [3.8, 4) is 0 Å². The van der Waals surface area contributed by atoms with Crippen LogP contribution in [0, 0.1) is 0 Å². The molecule has 2 aliphatic rings. The van der Waals surface area contributed by atoms with Crippen molar-refractivity contribution < 1.29 is 9.90 Å². The van der Waals surface area contributed by atoms with Gasteiger partial charge in [-0.3, -0.25) is 0 Å². The maximum absolute atomic E-state index is 12.2. The highest BCUT2D eigenvalue weighted by Crippen LogP contribution is 2.35. The lowest BCUT2D eigenvalue weighted by Gasteiger charge is -2.37. The Bertz CT molecular complexity index is 418. The number of aromatic nitrogens is 1. The van der Waals surface area contributed by atoms with Gasteiger partial charge in [-0.25, -0.2) is 4.79 Å². The van der Waals surface area contributed by atoms with Crippen molar-refractivity contribution in [1.29, 1.82) is 0 Å². The zero-order valence-corrected chi connectivity index (χ0v) is 11.0. The number of hydrogen-bond acceptors (Lipinski definition) is 2. The quantitative estimate of drug-likeness (QED) is 0.860. The molecular weight excluding hydrogens is 242 g/mol. The van der Waals surface area contributed by atoms with Crippen LogP contribution in [-0.2, 0) is 6.54 Å². The van der Waals surface area contributed by atoms with Crippen LogP contribution >= 0.6 is 0 Å². The van der Waals surface area contributed by atoms with Crippen LogP contribution in [0.1, 0.15) is 25.7 Å². The van der Waals surface area contributed by atoms with Crippen LogP contribution in [0.2, 0.25) is 0 Å². The number of carbonyl (C=O) groups is 1. The molecule has 0 aromatic carbocycles. The third-order valence-corrected chi connectivity index (χ3v) is 4.26. The molecule has 0 aliphatic carbocycles. The maximum Gasteiger partial charge on any atom is 0.317 e. The summed E-state index contributed by atoms with van der Waals surface area (Å²) in [5, 5.41) is 12.7. The van der Waals surface area contributed by atoms with E-state index in [1.54, 1.807) is 0 Å². The maximum atomic E-state index is 12.2. The van der Waals surface area contributed by atoms with E-state index in [1.807, 2.05) is 29.4 Å². The number of piperidine rings is 1. The molecule has 19 heavy (non-hydrogen) atoms. The van der Waals surface area contributed by atoms with Crippen LogP contribution in [0.4, 0.5) is 4.79 Å². The standard InChI is InChI=1S/C14H21N3O2/c18-13-9-11-3-4-12(10-13)17(11)14(19)15-5-8-16-6-1-2-7-16/h1-2,6-7,11-13,18H,3-5,8-10H2,(H,15,19)/t11-,12-/m0/s1. The average Bonchev–Trinajstić information content (AvgIpc) is 2.96. The van der Waals surface area contributed by atoms with Gasteiger partial charge in [-0.15, -0.1) is 0 Å². The third kappa shape index (κ3) is 2.61. The summed E-state index contributed by atoms with van der Waals surface area (Å²) in [6.45, 7) is 1.44. The number of aliphatic hydroxyl groups is 1. The third-order valence-electron chi connectivity index (χ3n) is 4.26. The highest BCUT2D eigenvalue weighted by molar-refractivity contribution is 5.75. The van der Waals surface area contributed by atoms with Crippen molar-refractivity contribution in [3.05, 3.63) is 24.5 Å². The summed E-state index contributed by atoms with van der Waals surface area (Å²) in [6.07, 6.45) is 7.31. The number of aliphatic hydroxyl groups excluding tert-OH is 1. The van der Waals surface area contributed by atoms with Gasteiger partial charge in [0.25, 0.3) is 0 Å². The molecule has 1 aromatic heterocycles. The predicted molar refractivity (Wildman–Crippen MR) is 71.7 cm³/mol. The summed E-state index contributed by atoms with van der Waals surface area (Å²) in [7, 11) is 0. The fraction of sp³-hybridized carbons (Fsp3) is 0.643. The second-order valence-corrected chi connectivity index (χ2v) is 5.57. The number of amides is 2. The Balaban J connectivity index is 1.51. The first-order valence-electron chi connectivity index (χ1n) is 7.09. The molecule has 0 spiro atoms. The van der Waals surface area contributed by atoms with Crippen molar-refractivity contribution in [2.75, 3.05) is 6.54 Å². The summed E-state index contributed by atoms with van der Waals surface area (Å²) in [6, 6.07) is 4.47. The first-order chi connectivity index (χ1) is 9.24. The van der Waals surface area contributed by atoms with Crippen LogP contribution in [0.3, 0.4) is 0 Å². The molecule has 2 amide bonds. The van der Waals surface area contributed by atoms with Gasteiger partial charge in [0.15, 0.2) is 0 Å². The minimum atomic E-state index is -0.221. The SMILES string of the molecule is O=C(NCCn1cccc1)N1[C@H]2CC[C@H]1CC(O)C2. The Morgan fingerprint density at radius 1 is 1.21 bits per heavy atom. The van der Waals surface area contributed by atoms with Crippen LogP contribution in [0.5, 0.6) is 0 Å². The summed E-state index contributed by atoms with van der Waals surface area (Å²) < 4.78 is 2.05. The molecule has 2 atom stereocenters. The smallest absolute Gasteiger partial charge is 0.317 e. The number of nitrogens with zero attached hydrogens (tertiary/aromatic N) is 2. The Hall–Kier alpha value is -1.49. The lowest BCUT2D eigenvalue weighted by Crippen LogP contribution is -2.52. The number of rotatable bonds is 3. The normalized spacial score (nSPS) is 29.5. The molecule has 3 rings (SSSR count). The van der Waals surface area contributed by atoms with E-state index in [4.69, 9.17) is 0 Å². The zero-order chi connectivity index (χ0) is 13.2. The van der Waals surface area contributed by atoms with Gasteiger partial charge < -0.3 is 19.9 Å². The van der Waals surface area contributed by atoms with E-state index < -0.39 is 0 Å². The largest absolute Gasteiger partial charge is 0.393 e. The minimum absolute atomic E-state index is 0.0338. The van der Waals surface area contributed by atoms with Crippen molar-refractivity contribution in [1.82, 2.24) is 14.8 Å². The Morgan fingerprint density at radius 2 is 1.84 bits per heavy atom. The second kappa shape index (κ2) is 5.25. The molecular formula is C14H21N3O2. The Kier molecular flexibility index (Phi) is 3.46. The first kappa shape index (κ1) is 12.5. The van der Waals surface area contributed by atoms with E-state index in [2.05, 4.69) is 9.88 Å². The van der Waals surface area contributed by atoms with E-state index in [0.29, 0.717) is 6.54 Å². The number of hydrogen-bond donors (Lipinski definition) is 2. The molecule has 2 bridgehead atoms. The average molecular weight is 263 g/mol. The van der Waals surface area contributed by atoms with Crippen molar-refractivity contribution in [2.24, 2.45) is 0 Å². The van der Waals surface area contributed by atoms with Crippen LogP contribution < -0.4 is 5.32 Å². The van der Waals surface area contributed by atoms with Gasteiger partial charge in [0.2, 0.25) is 0 Å². The topological polar surface area (TPSA) is 57.5 Å². The van der Waals surface area contributed by atoms with Gasteiger partial charge in [0, 0.05) is 37.6 Å². The fourth-order valence-corrected chi connectivity index (χ4v) is 3.38. The first-order valence-corrected chi connectivity index (χ1v) is 7.09. The summed E-state index contributed by atoms with van der Waals surface area (Å²) in [4.78, 5) is 14.2. The second-order valence-electron chi connectivity index (χ2n) is 5.57. The number of carbonyl (C=O) groups excluding carboxylic acids is 1. The van der Waals surface area contributed by atoms with Gasteiger partial charge in [0.1, 0.15) is 0 Å². The van der Waals surface area contributed by atoms with Gasteiger partial charge in [-0.2, -0.15) is 0 Å². The Morgan fingerprint density at radius 3 is 2.47 bits per heavy atom. The summed E-state index contributed by atoms with van der Waals surface area (Å²) >= 11 is 0. The molecule has 5 nitrogen and oxygen atoms in total. The lowest BCUT2D eigenvalue weighted by atomic mass is 10.0. The van der Waals surface area contributed by atoms with Crippen LogP contribution in [0.15, 0.2) is 24.5 Å². The molecule has 2 saturated heterocycles. The molecule has 2 fully saturated rings. The molecule has 0 unspecified atom stereocenters. The molecule has 5 heteroatoms. The van der Waals surface area contributed by atoms with Crippen LogP contribution in [0.25, 0.3) is 0 Å². The Labute approximate surface area is 113 Å². The molecule has 0 saturated carbocycles. The lowest BCUT2D eigenvalue weighted by molar-refractivity contribution is 0.0542. The molecule has 104 valence electrons. The summed E-state index contributed by atoms with van der Waals surface area (Å²) in [5.41, 5.74) is 0. The van der Waals surface area contributed by atoms with Gasteiger partial charge >= 0.3 is 6.03 Å².